The normalized spacial score (nSPS) is 24.3. The molecule has 2 amide bonds. The molecule has 0 aromatic heterocycles. The summed E-state index contributed by atoms with van der Waals surface area (Å²) in [6.07, 6.45) is 5.21. The van der Waals surface area contributed by atoms with E-state index in [-0.39, 0.29) is 29.7 Å². The van der Waals surface area contributed by atoms with Crippen LogP contribution in [0, 0.1) is 0 Å². The molecule has 2 saturated heterocycles. The highest BCUT2D eigenvalue weighted by Gasteiger charge is 2.37. The van der Waals surface area contributed by atoms with Gasteiger partial charge in [-0.05, 0) is 12.8 Å². The third-order valence-electron chi connectivity index (χ3n) is 6.22. The van der Waals surface area contributed by atoms with E-state index in [1.54, 1.807) is 0 Å². The summed E-state index contributed by atoms with van der Waals surface area (Å²) < 4.78 is 29.1. The molecule has 0 N–H and O–H groups in total. The molecule has 3 aliphatic heterocycles. The van der Waals surface area contributed by atoms with Gasteiger partial charge in [0.15, 0.2) is 9.84 Å². The Morgan fingerprint density at radius 3 is 2.61 bits per heavy atom. The molecule has 1 atom stereocenters. The molecule has 0 aromatic rings. The number of amides is 2. The molecule has 10 heteroatoms. The first-order valence-electron chi connectivity index (χ1n) is 11.6. The standard InChI is InChI=1S/C21H36N4O5S/c1-2-3-4-5-9-24(11-10-23-12-14-30-15-13-23)21(27)19-6-7-20(26)25(22-19)18-8-16-31(28,29)17-18/h18H,2-17H2,1H3. The SMILES string of the molecule is CCCCCCN(CCN1CCOCC1)C(=O)C1=NN(C2CCS(=O)(=O)C2)C(=O)CC1. The van der Waals surface area contributed by atoms with Gasteiger partial charge in [0, 0.05) is 45.6 Å². The number of unbranched alkanes of at least 4 members (excludes halogenated alkanes) is 3. The van der Waals surface area contributed by atoms with Crippen LogP contribution >= 0.6 is 0 Å². The van der Waals surface area contributed by atoms with Gasteiger partial charge in [-0.3, -0.25) is 14.5 Å². The van der Waals surface area contributed by atoms with Gasteiger partial charge < -0.3 is 9.64 Å². The topological polar surface area (TPSA) is 99.6 Å². The maximum Gasteiger partial charge on any atom is 0.270 e. The van der Waals surface area contributed by atoms with Crippen molar-refractivity contribution in [1.82, 2.24) is 14.8 Å². The summed E-state index contributed by atoms with van der Waals surface area (Å²) in [5, 5.41) is 5.66. The van der Waals surface area contributed by atoms with E-state index in [9.17, 15) is 18.0 Å². The second kappa shape index (κ2) is 11.4. The molecule has 0 aliphatic carbocycles. The lowest BCUT2D eigenvalue weighted by Gasteiger charge is -2.32. The van der Waals surface area contributed by atoms with Gasteiger partial charge in [-0.2, -0.15) is 5.10 Å². The van der Waals surface area contributed by atoms with Crippen molar-refractivity contribution in [1.29, 1.82) is 0 Å². The van der Waals surface area contributed by atoms with E-state index in [4.69, 9.17) is 4.74 Å². The van der Waals surface area contributed by atoms with E-state index >= 15 is 0 Å². The Morgan fingerprint density at radius 1 is 1.16 bits per heavy atom. The van der Waals surface area contributed by atoms with Crippen LogP contribution in [0.3, 0.4) is 0 Å². The number of hydrazone groups is 1. The Bertz CT molecular complexity index is 764. The summed E-state index contributed by atoms with van der Waals surface area (Å²) >= 11 is 0. The predicted octanol–water partition coefficient (Wildman–Crippen LogP) is 0.893. The lowest BCUT2D eigenvalue weighted by atomic mass is 10.1. The van der Waals surface area contributed by atoms with Crippen molar-refractivity contribution < 1.29 is 22.7 Å². The molecule has 0 saturated carbocycles. The second-order valence-corrected chi connectivity index (χ2v) is 10.9. The van der Waals surface area contributed by atoms with E-state index in [1.165, 1.54) is 5.01 Å². The molecule has 3 rings (SSSR count). The van der Waals surface area contributed by atoms with Gasteiger partial charge >= 0.3 is 0 Å². The van der Waals surface area contributed by atoms with E-state index in [1.807, 2.05) is 4.90 Å². The highest BCUT2D eigenvalue weighted by atomic mass is 32.2. The minimum Gasteiger partial charge on any atom is -0.379 e. The Hall–Kier alpha value is -1.52. The molecule has 176 valence electrons. The van der Waals surface area contributed by atoms with Gasteiger partial charge in [0.2, 0.25) is 5.91 Å². The van der Waals surface area contributed by atoms with Gasteiger partial charge in [-0.1, -0.05) is 26.2 Å². The molecular weight excluding hydrogens is 420 g/mol. The molecule has 3 aliphatic rings. The van der Waals surface area contributed by atoms with Crippen molar-refractivity contribution in [3.63, 3.8) is 0 Å². The zero-order valence-electron chi connectivity index (χ0n) is 18.6. The van der Waals surface area contributed by atoms with Crippen molar-refractivity contribution in [3.8, 4) is 0 Å². The average Bonchev–Trinajstić information content (AvgIpc) is 3.13. The van der Waals surface area contributed by atoms with Crippen LogP contribution < -0.4 is 0 Å². The van der Waals surface area contributed by atoms with Gasteiger partial charge in [0.05, 0.1) is 30.8 Å². The summed E-state index contributed by atoms with van der Waals surface area (Å²) in [5.74, 6) is -0.310. The Labute approximate surface area is 185 Å². The van der Waals surface area contributed by atoms with Gasteiger partial charge in [-0.15, -0.1) is 0 Å². The predicted molar refractivity (Wildman–Crippen MR) is 119 cm³/mol. The number of hydrogen-bond donors (Lipinski definition) is 0. The number of morpholine rings is 1. The van der Waals surface area contributed by atoms with E-state index in [0.717, 1.165) is 58.5 Å². The second-order valence-electron chi connectivity index (χ2n) is 8.65. The monoisotopic (exact) mass is 456 g/mol. The van der Waals surface area contributed by atoms with Crippen LogP contribution in [0.1, 0.15) is 51.9 Å². The lowest BCUT2D eigenvalue weighted by molar-refractivity contribution is -0.134. The van der Waals surface area contributed by atoms with E-state index in [0.29, 0.717) is 31.6 Å². The van der Waals surface area contributed by atoms with E-state index in [2.05, 4.69) is 16.9 Å². The van der Waals surface area contributed by atoms with Gasteiger partial charge in [-0.25, -0.2) is 13.4 Å². The van der Waals surface area contributed by atoms with E-state index < -0.39 is 15.9 Å². The Kier molecular flexibility index (Phi) is 8.85. The molecule has 0 radical (unpaired) electrons. The van der Waals surface area contributed by atoms with Crippen LogP contribution in [0.5, 0.6) is 0 Å². The number of sulfone groups is 1. The maximum absolute atomic E-state index is 13.3. The van der Waals surface area contributed by atoms with Crippen LogP contribution in [0.25, 0.3) is 0 Å². The molecule has 9 nitrogen and oxygen atoms in total. The molecule has 0 aromatic carbocycles. The Morgan fingerprint density at radius 2 is 1.94 bits per heavy atom. The first-order chi connectivity index (χ1) is 14.9. The van der Waals surface area contributed by atoms with Gasteiger partial charge in [0.1, 0.15) is 5.71 Å². The zero-order chi connectivity index (χ0) is 22.3. The summed E-state index contributed by atoms with van der Waals surface area (Å²) in [4.78, 5) is 29.9. The number of carbonyl (C=O) groups excluding carboxylic acids is 2. The molecule has 2 fully saturated rings. The maximum atomic E-state index is 13.3. The summed E-state index contributed by atoms with van der Waals surface area (Å²) in [6, 6.07) is -0.452. The minimum atomic E-state index is -3.14. The number of ether oxygens (including phenoxy) is 1. The number of nitrogens with zero attached hydrogens (tertiary/aromatic N) is 4. The molecular formula is C21H36N4O5S. The minimum absolute atomic E-state index is 0.0680. The van der Waals surface area contributed by atoms with Crippen molar-refractivity contribution in [2.45, 2.75) is 57.9 Å². The third kappa shape index (κ3) is 6.98. The highest BCUT2D eigenvalue weighted by molar-refractivity contribution is 7.91. The van der Waals surface area contributed by atoms with Crippen LogP contribution in [0.2, 0.25) is 0 Å². The quantitative estimate of drug-likeness (QED) is 0.453. The molecule has 31 heavy (non-hydrogen) atoms. The lowest BCUT2D eigenvalue weighted by Crippen LogP contribution is -2.47. The number of hydrogen-bond acceptors (Lipinski definition) is 7. The Balaban J connectivity index is 1.66. The molecule has 3 heterocycles. The van der Waals surface area contributed by atoms with Crippen molar-refractivity contribution in [3.05, 3.63) is 0 Å². The molecule has 0 bridgehead atoms. The largest absolute Gasteiger partial charge is 0.379 e. The zero-order valence-corrected chi connectivity index (χ0v) is 19.4. The number of rotatable bonds is 10. The smallest absolute Gasteiger partial charge is 0.270 e. The van der Waals surface area contributed by atoms with Gasteiger partial charge in [0.25, 0.3) is 5.91 Å². The third-order valence-corrected chi connectivity index (χ3v) is 7.97. The van der Waals surface area contributed by atoms with Crippen molar-refractivity contribution in [2.75, 3.05) is 57.4 Å². The van der Waals surface area contributed by atoms with Crippen molar-refractivity contribution in [2.24, 2.45) is 5.10 Å². The fraction of sp³-hybridized carbons (Fsp3) is 0.857. The van der Waals surface area contributed by atoms with Crippen LogP contribution in [-0.4, -0.2) is 104 Å². The van der Waals surface area contributed by atoms with Crippen molar-refractivity contribution >= 4 is 27.4 Å². The summed E-state index contributed by atoms with van der Waals surface area (Å²) in [6.45, 7) is 7.43. The summed E-state index contributed by atoms with van der Waals surface area (Å²) in [7, 11) is -3.14. The fourth-order valence-corrected chi connectivity index (χ4v) is 5.98. The fourth-order valence-electron chi connectivity index (χ4n) is 4.29. The molecule has 0 spiro atoms. The number of carbonyl (C=O) groups is 2. The first-order valence-corrected chi connectivity index (χ1v) is 13.4. The van der Waals surface area contributed by atoms with Crippen LogP contribution in [-0.2, 0) is 24.2 Å². The highest BCUT2D eigenvalue weighted by Crippen LogP contribution is 2.22. The van der Waals surface area contributed by atoms with Crippen LogP contribution in [0.4, 0.5) is 0 Å². The average molecular weight is 457 g/mol. The summed E-state index contributed by atoms with van der Waals surface area (Å²) in [5.41, 5.74) is 0.376. The first kappa shape index (κ1) is 24.1. The molecule has 1 unspecified atom stereocenters. The van der Waals surface area contributed by atoms with Crippen LogP contribution in [0.15, 0.2) is 5.10 Å².